The van der Waals surface area contributed by atoms with Gasteiger partial charge in [0.25, 0.3) is 0 Å². The Morgan fingerprint density at radius 2 is 1.65 bits per heavy atom. The van der Waals surface area contributed by atoms with Crippen molar-refractivity contribution in [1.82, 2.24) is 9.78 Å². The highest BCUT2D eigenvalue weighted by Crippen LogP contribution is 2.22. The lowest BCUT2D eigenvalue weighted by atomic mass is 10.1. The third-order valence-corrected chi connectivity index (χ3v) is 3.61. The second kappa shape index (κ2) is 6.54. The minimum absolute atomic E-state index is 0.0647. The molecule has 0 aliphatic carbocycles. The molecule has 0 saturated heterocycles. The Kier molecular flexibility index (Phi) is 4.76. The summed E-state index contributed by atoms with van der Waals surface area (Å²) in [5, 5.41) is 4.28. The number of fused-ring (bicyclic) bond motifs is 1. The van der Waals surface area contributed by atoms with E-state index < -0.39 is 11.9 Å². The van der Waals surface area contributed by atoms with Gasteiger partial charge in [0, 0.05) is 6.54 Å². The van der Waals surface area contributed by atoms with Crippen molar-refractivity contribution in [2.45, 2.75) is 45.1 Å². The molecule has 0 radical (unpaired) electrons. The number of ether oxygens (including phenoxy) is 2. The van der Waals surface area contributed by atoms with Gasteiger partial charge in [-0.15, -0.1) is 0 Å². The lowest BCUT2D eigenvalue weighted by Crippen LogP contribution is -2.12. The quantitative estimate of drug-likeness (QED) is 0.774. The van der Waals surface area contributed by atoms with E-state index in [-0.39, 0.29) is 11.3 Å². The van der Waals surface area contributed by atoms with E-state index in [1.54, 1.807) is 4.68 Å². The summed E-state index contributed by atoms with van der Waals surface area (Å²) < 4.78 is 11.3. The maximum Gasteiger partial charge on any atom is 0.359 e. The first-order valence-electron chi connectivity index (χ1n) is 6.95. The van der Waals surface area contributed by atoms with Gasteiger partial charge in [0.2, 0.25) is 0 Å². The summed E-state index contributed by atoms with van der Waals surface area (Å²) in [7, 11) is 2.59. The molecule has 2 heterocycles. The third kappa shape index (κ3) is 2.84. The number of esters is 2. The Balaban J connectivity index is 2.48. The fraction of sp³-hybridized carbons (Fsp3) is 0.643. The van der Waals surface area contributed by atoms with Gasteiger partial charge in [0.05, 0.1) is 19.9 Å². The van der Waals surface area contributed by atoms with Gasteiger partial charge in [-0.05, 0) is 19.3 Å². The van der Waals surface area contributed by atoms with Gasteiger partial charge in [-0.25, -0.2) is 9.59 Å². The minimum atomic E-state index is -0.595. The third-order valence-electron chi connectivity index (χ3n) is 3.61. The van der Waals surface area contributed by atoms with Gasteiger partial charge in [-0.1, -0.05) is 19.3 Å². The summed E-state index contributed by atoms with van der Waals surface area (Å²) in [6, 6.07) is 0. The molecule has 1 aromatic rings. The molecule has 6 nitrogen and oxygen atoms in total. The topological polar surface area (TPSA) is 70.4 Å². The zero-order valence-electron chi connectivity index (χ0n) is 12.0. The van der Waals surface area contributed by atoms with Crippen LogP contribution >= 0.6 is 0 Å². The van der Waals surface area contributed by atoms with E-state index in [9.17, 15) is 9.59 Å². The molecule has 1 aromatic heterocycles. The van der Waals surface area contributed by atoms with Crippen LogP contribution in [-0.4, -0.2) is 35.9 Å². The molecule has 2 rings (SSSR count). The predicted molar refractivity (Wildman–Crippen MR) is 71.7 cm³/mol. The number of aryl methyl sites for hydroxylation is 1. The Morgan fingerprint density at radius 3 is 2.35 bits per heavy atom. The fourth-order valence-electron chi connectivity index (χ4n) is 2.58. The summed E-state index contributed by atoms with van der Waals surface area (Å²) in [5.74, 6) is -1.12. The molecule has 0 atom stereocenters. The summed E-state index contributed by atoms with van der Waals surface area (Å²) in [5.41, 5.74) is 1.12. The number of carbonyl (C=O) groups is 2. The van der Waals surface area contributed by atoms with Gasteiger partial charge in [-0.2, -0.15) is 5.10 Å². The normalized spacial score (nSPS) is 15.5. The van der Waals surface area contributed by atoms with Crippen LogP contribution in [-0.2, 0) is 22.4 Å². The Morgan fingerprint density at radius 1 is 1.00 bits per heavy atom. The molecule has 1 aliphatic rings. The van der Waals surface area contributed by atoms with E-state index in [4.69, 9.17) is 9.47 Å². The van der Waals surface area contributed by atoms with Gasteiger partial charge >= 0.3 is 11.9 Å². The van der Waals surface area contributed by atoms with Crippen LogP contribution in [0.25, 0.3) is 0 Å². The maximum atomic E-state index is 12.0. The summed E-state index contributed by atoms with van der Waals surface area (Å²) in [6.45, 7) is 0.719. The molecule has 0 aromatic carbocycles. The number of carbonyl (C=O) groups excluding carboxylic acids is 2. The number of rotatable bonds is 2. The van der Waals surface area contributed by atoms with E-state index >= 15 is 0 Å². The second-order valence-corrected chi connectivity index (χ2v) is 4.89. The zero-order chi connectivity index (χ0) is 14.5. The van der Waals surface area contributed by atoms with E-state index in [1.807, 2.05) is 0 Å². The number of hydrogen-bond acceptors (Lipinski definition) is 5. The maximum absolute atomic E-state index is 12.0. The van der Waals surface area contributed by atoms with Crippen molar-refractivity contribution in [1.29, 1.82) is 0 Å². The Hall–Kier alpha value is -1.85. The molecule has 0 saturated carbocycles. The van der Waals surface area contributed by atoms with Crippen LogP contribution in [0.5, 0.6) is 0 Å². The Labute approximate surface area is 118 Å². The first kappa shape index (κ1) is 14.6. The van der Waals surface area contributed by atoms with Crippen LogP contribution < -0.4 is 0 Å². The summed E-state index contributed by atoms with van der Waals surface area (Å²) in [4.78, 5) is 23.8. The van der Waals surface area contributed by atoms with Crippen molar-refractivity contribution >= 4 is 11.9 Å². The van der Waals surface area contributed by atoms with Crippen molar-refractivity contribution in [3.05, 3.63) is 17.0 Å². The van der Waals surface area contributed by atoms with Crippen LogP contribution in [0.3, 0.4) is 0 Å². The number of nitrogens with zero attached hydrogens (tertiary/aromatic N) is 2. The molecule has 0 bridgehead atoms. The first-order valence-corrected chi connectivity index (χ1v) is 6.95. The van der Waals surface area contributed by atoms with Crippen LogP contribution in [0.1, 0.15) is 58.6 Å². The van der Waals surface area contributed by atoms with E-state index in [0.29, 0.717) is 0 Å². The Bertz CT molecular complexity index is 508. The van der Waals surface area contributed by atoms with Crippen molar-refractivity contribution < 1.29 is 19.1 Å². The average molecular weight is 280 g/mol. The van der Waals surface area contributed by atoms with Gasteiger partial charge < -0.3 is 9.47 Å². The number of aromatic nitrogens is 2. The smallest absolute Gasteiger partial charge is 0.359 e. The second-order valence-electron chi connectivity index (χ2n) is 4.89. The summed E-state index contributed by atoms with van der Waals surface area (Å²) >= 11 is 0. The number of methoxy groups -OCH3 is 2. The lowest BCUT2D eigenvalue weighted by molar-refractivity contribution is 0.0551. The van der Waals surface area contributed by atoms with Gasteiger partial charge in [0.1, 0.15) is 5.56 Å². The predicted octanol–water partition coefficient (Wildman–Crippen LogP) is 1.96. The first-order chi connectivity index (χ1) is 9.69. The largest absolute Gasteiger partial charge is 0.465 e. The monoisotopic (exact) mass is 280 g/mol. The molecule has 0 unspecified atom stereocenters. The van der Waals surface area contributed by atoms with Gasteiger partial charge in [-0.3, -0.25) is 4.68 Å². The van der Waals surface area contributed by atoms with Crippen LogP contribution in [0, 0.1) is 0 Å². The van der Waals surface area contributed by atoms with Crippen molar-refractivity contribution in [2.24, 2.45) is 0 Å². The van der Waals surface area contributed by atoms with Crippen molar-refractivity contribution in [3.8, 4) is 0 Å². The van der Waals surface area contributed by atoms with Crippen LogP contribution in [0.4, 0.5) is 0 Å². The average Bonchev–Trinajstić information content (AvgIpc) is 2.86. The molecule has 6 heteroatoms. The molecule has 0 spiro atoms. The van der Waals surface area contributed by atoms with Crippen LogP contribution in [0.2, 0.25) is 0 Å². The zero-order valence-corrected chi connectivity index (χ0v) is 12.0. The standard InChI is InChI=1S/C14H20N2O4/c1-19-13(17)11-10-8-6-4-3-5-7-9-16(10)15-12(11)14(18)20-2/h3-9H2,1-2H3. The molecule has 0 amide bonds. The molecule has 110 valence electrons. The molecule has 0 N–H and O–H groups in total. The van der Waals surface area contributed by atoms with Crippen LogP contribution in [0.15, 0.2) is 0 Å². The highest BCUT2D eigenvalue weighted by atomic mass is 16.5. The van der Waals surface area contributed by atoms with E-state index in [1.165, 1.54) is 20.6 Å². The number of hydrogen-bond donors (Lipinski definition) is 0. The van der Waals surface area contributed by atoms with Crippen molar-refractivity contribution in [3.63, 3.8) is 0 Å². The molecule has 0 fully saturated rings. The van der Waals surface area contributed by atoms with Gasteiger partial charge in [0.15, 0.2) is 5.69 Å². The highest BCUT2D eigenvalue weighted by Gasteiger charge is 2.29. The fourth-order valence-corrected chi connectivity index (χ4v) is 2.58. The van der Waals surface area contributed by atoms with E-state index in [2.05, 4.69) is 5.10 Å². The van der Waals surface area contributed by atoms with E-state index in [0.717, 1.165) is 44.3 Å². The minimum Gasteiger partial charge on any atom is -0.465 e. The molecule has 20 heavy (non-hydrogen) atoms. The molecular weight excluding hydrogens is 260 g/mol. The lowest BCUT2D eigenvalue weighted by Gasteiger charge is -2.06. The SMILES string of the molecule is COC(=O)c1nn2c(c1C(=O)OC)CCCCCCC2. The van der Waals surface area contributed by atoms with Crippen molar-refractivity contribution in [2.75, 3.05) is 14.2 Å². The highest BCUT2D eigenvalue weighted by molar-refractivity contribution is 6.02. The summed E-state index contributed by atoms with van der Waals surface area (Å²) in [6.07, 6.45) is 6.17. The molecular formula is C14H20N2O4. The molecule has 1 aliphatic heterocycles.